The molecule has 3 aromatic rings. The first kappa shape index (κ1) is 20.6. The first-order valence-electron chi connectivity index (χ1n) is 10.4. The van der Waals surface area contributed by atoms with Crippen LogP contribution < -0.4 is 14.8 Å². The fourth-order valence-corrected chi connectivity index (χ4v) is 5.71. The average molecular weight is 451 g/mol. The molecule has 0 aromatic heterocycles. The van der Waals surface area contributed by atoms with Gasteiger partial charge in [0, 0.05) is 17.3 Å². The van der Waals surface area contributed by atoms with E-state index in [4.69, 9.17) is 4.74 Å². The molecule has 0 saturated heterocycles. The van der Waals surface area contributed by atoms with Gasteiger partial charge in [0.2, 0.25) is 0 Å². The van der Waals surface area contributed by atoms with Crippen molar-refractivity contribution in [2.75, 3.05) is 17.1 Å². The molecule has 2 N–H and O–H groups in total. The number of allylic oxidation sites excluding steroid dienone is 2. The molecule has 1 aliphatic heterocycles. The lowest BCUT2D eigenvalue weighted by Crippen LogP contribution is -2.29. The number of hydrogen-bond acceptors (Lipinski definition) is 4. The van der Waals surface area contributed by atoms with Crippen molar-refractivity contribution in [3.63, 3.8) is 0 Å². The normalized spacial score (nSPS) is 21.4. The number of sulfonamides is 1. The maximum Gasteiger partial charge on any atom is 0.261 e. The molecule has 0 radical (unpaired) electrons. The highest BCUT2D eigenvalue weighted by Gasteiger charge is 2.38. The second kappa shape index (κ2) is 7.98. The number of halogens is 1. The van der Waals surface area contributed by atoms with E-state index >= 15 is 0 Å². The molecule has 7 heteroatoms. The Balaban J connectivity index is 1.46. The van der Waals surface area contributed by atoms with Crippen LogP contribution in [0.5, 0.6) is 5.75 Å². The van der Waals surface area contributed by atoms with E-state index in [0.717, 1.165) is 23.4 Å². The molecule has 3 atom stereocenters. The van der Waals surface area contributed by atoms with Crippen LogP contribution in [0.3, 0.4) is 0 Å². The largest absolute Gasteiger partial charge is 0.497 e. The Morgan fingerprint density at radius 3 is 2.50 bits per heavy atom. The molecule has 1 heterocycles. The SMILES string of the molecule is COc1ccc([C@H]2Nc3ccc(S(=O)(=O)Nc4ccc(F)cc4)cc3[C@H]3C=CC[C@H]32)cc1. The summed E-state index contributed by atoms with van der Waals surface area (Å²) >= 11 is 0. The van der Waals surface area contributed by atoms with E-state index in [2.05, 4.69) is 34.3 Å². The lowest BCUT2D eigenvalue weighted by Gasteiger charge is -2.37. The first-order chi connectivity index (χ1) is 15.4. The zero-order valence-electron chi connectivity index (χ0n) is 17.5. The molecule has 0 saturated carbocycles. The molecule has 0 unspecified atom stereocenters. The van der Waals surface area contributed by atoms with Crippen molar-refractivity contribution >= 4 is 21.4 Å². The van der Waals surface area contributed by atoms with Gasteiger partial charge in [0.1, 0.15) is 11.6 Å². The zero-order chi connectivity index (χ0) is 22.3. The molecule has 0 fully saturated rings. The summed E-state index contributed by atoms with van der Waals surface area (Å²) in [6.45, 7) is 0. The summed E-state index contributed by atoms with van der Waals surface area (Å²) in [7, 11) is -2.15. The number of fused-ring (bicyclic) bond motifs is 3. The molecular formula is C25H23FN2O3S. The average Bonchev–Trinajstić information content (AvgIpc) is 3.30. The van der Waals surface area contributed by atoms with Crippen LogP contribution in [-0.4, -0.2) is 15.5 Å². The Morgan fingerprint density at radius 2 is 1.78 bits per heavy atom. The summed E-state index contributed by atoms with van der Waals surface area (Å²) in [5.74, 6) is 0.811. The highest BCUT2D eigenvalue weighted by atomic mass is 32.2. The highest BCUT2D eigenvalue weighted by Crippen LogP contribution is 2.50. The molecule has 0 spiro atoms. The molecule has 0 bridgehead atoms. The van der Waals surface area contributed by atoms with Crippen molar-refractivity contribution in [2.45, 2.75) is 23.3 Å². The van der Waals surface area contributed by atoms with Gasteiger partial charge in [-0.25, -0.2) is 12.8 Å². The van der Waals surface area contributed by atoms with E-state index in [1.54, 1.807) is 19.2 Å². The summed E-state index contributed by atoms with van der Waals surface area (Å²) in [5, 5.41) is 3.62. The molecule has 1 aliphatic carbocycles. The predicted octanol–water partition coefficient (Wildman–Crippen LogP) is 5.46. The fraction of sp³-hybridized carbons (Fsp3) is 0.200. The summed E-state index contributed by atoms with van der Waals surface area (Å²) < 4.78 is 46.9. The van der Waals surface area contributed by atoms with E-state index in [0.29, 0.717) is 11.6 Å². The lowest BCUT2D eigenvalue weighted by molar-refractivity contribution is 0.411. The van der Waals surface area contributed by atoms with Gasteiger partial charge in [-0.15, -0.1) is 0 Å². The number of ether oxygens (including phenoxy) is 1. The topological polar surface area (TPSA) is 67.4 Å². The van der Waals surface area contributed by atoms with Crippen molar-refractivity contribution in [2.24, 2.45) is 5.92 Å². The summed E-state index contributed by atoms with van der Waals surface area (Å²) in [5.41, 5.74) is 3.39. The Hall–Kier alpha value is -3.32. The van der Waals surface area contributed by atoms with Crippen LogP contribution in [0.15, 0.2) is 83.8 Å². The molecule has 32 heavy (non-hydrogen) atoms. The van der Waals surface area contributed by atoms with Crippen molar-refractivity contribution < 1.29 is 17.5 Å². The van der Waals surface area contributed by atoms with Gasteiger partial charge in [0.05, 0.1) is 18.0 Å². The van der Waals surface area contributed by atoms with E-state index in [1.807, 2.05) is 18.2 Å². The van der Waals surface area contributed by atoms with Crippen LogP contribution in [0.1, 0.15) is 29.5 Å². The standard InChI is InChI=1S/C25H23FN2O3S/c1-31-19-11-5-16(6-12-19)25-22-4-2-3-21(22)23-15-20(13-14-24(23)27-25)32(29,30)28-18-9-7-17(26)8-10-18/h2-3,5-15,21-22,25,27-28H,4H2,1H3/t21-,22+,25+/m0/s1. The Labute approximate surface area is 187 Å². The van der Waals surface area contributed by atoms with Crippen LogP contribution in [0.25, 0.3) is 0 Å². The molecular weight excluding hydrogens is 427 g/mol. The molecule has 0 amide bonds. The monoisotopic (exact) mass is 450 g/mol. The minimum Gasteiger partial charge on any atom is -0.497 e. The summed E-state index contributed by atoms with van der Waals surface area (Å²) in [4.78, 5) is 0.185. The van der Waals surface area contributed by atoms with Crippen molar-refractivity contribution in [3.8, 4) is 5.75 Å². The van der Waals surface area contributed by atoms with Gasteiger partial charge in [-0.05, 0) is 78.1 Å². The number of anilines is 2. The van der Waals surface area contributed by atoms with Crippen molar-refractivity contribution in [1.29, 1.82) is 0 Å². The maximum atomic E-state index is 13.2. The second-order valence-corrected chi connectivity index (χ2v) is 9.79. The lowest BCUT2D eigenvalue weighted by atomic mass is 9.77. The third-order valence-corrected chi connectivity index (χ3v) is 7.59. The number of benzene rings is 3. The van der Waals surface area contributed by atoms with Gasteiger partial charge < -0.3 is 10.1 Å². The highest BCUT2D eigenvalue weighted by molar-refractivity contribution is 7.92. The van der Waals surface area contributed by atoms with Crippen LogP contribution in [-0.2, 0) is 10.0 Å². The smallest absolute Gasteiger partial charge is 0.261 e. The Kier molecular flexibility index (Phi) is 5.13. The molecule has 5 nitrogen and oxygen atoms in total. The van der Waals surface area contributed by atoms with Gasteiger partial charge >= 0.3 is 0 Å². The van der Waals surface area contributed by atoms with Crippen LogP contribution in [0, 0.1) is 11.7 Å². The molecule has 164 valence electrons. The maximum absolute atomic E-state index is 13.2. The first-order valence-corrected chi connectivity index (χ1v) is 11.9. The second-order valence-electron chi connectivity index (χ2n) is 8.11. The summed E-state index contributed by atoms with van der Waals surface area (Å²) in [6, 6.07) is 18.6. The molecule has 5 rings (SSSR count). The van der Waals surface area contributed by atoms with E-state index in [9.17, 15) is 12.8 Å². The number of nitrogens with one attached hydrogen (secondary N) is 2. The Bertz CT molecular complexity index is 1270. The van der Waals surface area contributed by atoms with E-state index in [1.165, 1.54) is 29.8 Å². The van der Waals surface area contributed by atoms with Crippen LogP contribution >= 0.6 is 0 Å². The zero-order valence-corrected chi connectivity index (χ0v) is 18.3. The van der Waals surface area contributed by atoms with E-state index in [-0.39, 0.29) is 16.9 Å². The number of methoxy groups -OCH3 is 1. The quantitative estimate of drug-likeness (QED) is 0.507. The van der Waals surface area contributed by atoms with E-state index < -0.39 is 15.8 Å². The van der Waals surface area contributed by atoms with Gasteiger partial charge in [0.25, 0.3) is 10.0 Å². The van der Waals surface area contributed by atoms with Crippen LogP contribution in [0.4, 0.5) is 15.8 Å². The van der Waals surface area contributed by atoms with Crippen molar-refractivity contribution in [3.05, 3.63) is 95.8 Å². The minimum absolute atomic E-state index is 0.119. The van der Waals surface area contributed by atoms with Gasteiger partial charge in [-0.2, -0.15) is 0 Å². The third-order valence-electron chi connectivity index (χ3n) is 6.22. The van der Waals surface area contributed by atoms with Gasteiger partial charge in [-0.3, -0.25) is 4.72 Å². The molecule has 2 aliphatic rings. The number of rotatable bonds is 5. The third kappa shape index (κ3) is 3.73. The molecule has 3 aromatic carbocycles. The predicted molar refractivity (Wildman–Crippen MR) is 123 cm³/mol. The van der Waals surface area contributed by atoms with Crippen LogP contribution in [0.2, 0.25) is 0 Å². The Morgan fingerprint density at radius 1 is 1.03 bits per heavy atom. The fourth-order valence-electron chi connectivity index (χ4n) is 4.61. The van der Waals surface area contributed by atoms with Crippen molar-refractivity contribution in [1.82, 2.24) is 0 Å². The number of hydrogen-bond donors (Lipinski definition) is 2. The summed E-state index contributed by atoms with van der Waals surface area (Å²) in [6.07, 6.45) is 5.25. The van der Waals surface area contributed by atoms with Gasteiger partial charge in [-0.1, -0.05) is 24.3 Å². The van der Waals surface area contributed by atoms with Gasteiger partial charge in [0.15, 0.2) is 0 Å². The minimum atomic E-state index is -3.80.